The van der Waals surface area contributed by atoms with Gasteiger partial charge in [0.15, 0.2) is 0 Å². The van der Waals surface area contributed by atoms with Crippen molar-refractivity contribution in [2.75, 3.05) is 17.7 Å². The number of nitrogen functional groups attached to an aromatic ring is 1. The number of hydrogen-bond donors (Lipinski definition) is 3. The van der Waals surface area contributed by atoms with Gasteiger partial charge in [0.05, 0.1) is 17.6 Å². The predicted molar refractivity (Wildman–Crippen MR) is 77.7 cm³/mol. The van der Waals surface area contributed by atoms with Crippen LogP contribution in [0.4, 0.5) is 17.5 Å². The van der Waals surface area contributed by atoms with Crippen LogP contribution in [-0.4, -0.2) is 32.6 Å². The fourth-order valence-corrected chi connectivity index (χ4v) is 1.88. The van der Waals surface area contributed by atoms with Crippen molar-refractivity contribution in [3.63, 3.8) is 0 Å². The van der Waals surface area contributed by atoms with Crippen LogP contribution in [0.1, 0.15) is 5.56 Å². The van der Waals surface area contributed by atoms with Gasteiger partial charge in [0.25, 0.3) is 0 Å². The van der Waals surface area contributed by atoms with Gasteiger partial charge in [-0.05, 0) is 12.0 Å². The highest BCUT2D eigenvalue weighted by molar-refractivity contribution is 5.57. The van der Waals surface area contributed by atoms with Gasteiger partial charge in [-0.2, -0.15) is 4.98 Å². The molecule has 2 rings (SSSR count). The Hall–Kier alpha value is -2.74. The largest absolute Gasteiger partial charge is 0.394 e. The number of anilines is 2. The highest BCUT2D eigenvalue weighted by Crippen LogP contribution is 2.22. The average Bonchev–Trinajstić information content (AvgIpc) is 2.47. The zero-order valence-corrected chi connectivity index (χ0v) is 11.1. The molecule has 1 unspecified atom stereocenters. The van der Waals surface area contributed by atoms with Crippen LogP contribution in [0.3, 0.4) is 0 Å². The van der Waals surface area contributed by atoms with Gasteiger partial charge in [-0.3, -0.25) is 10.1 Å². The summed E-state index contributed by atoms with van der Waals surface area (Å²) in [6, 6.07) is 9.06. The zero-order valence-electron chi connectivity index (χ0n) is 11.1. The summed E-state index contributed by atoms with van der Waals surface area (Å²) in [4.78, 5) is 17.8. The van der Waals surface area contributed by atoms with E-state index < -0.39 is 11.0 Å². The first kappa shape index (κ1) is 14.7. The van der Waals surface area contributed by atoms with Crippen molar-refractivity contribution in [3.05, 3.63) is 52.2 Å². The molecule has 0 spiro atoms. The maximum atomic E-state index is 10.9. The molecule has 0 aliphatic carbocycles. The maximum Gasteiger partial charge on any atom is 0.329 e. The van der Waals surface area contributed by atoms with Crippen LogP contribution in [0.25, 0.3) is 0 Å². The summed E-state index contributed by atoms with van der Waals surface area (Å²) in [7, 11) is 0. The number of hydrogen-bond acceptors (Lipinski definition) is 7. The van der Waals surface area contributed by atoms with E-state index in [9.17, 15) is 15.2 Å². The van der Waals surface area contributed by atoms with E-state index in [1.807, 2.05) is 30.3 Å². The third kappa shape index (κ3) is 3.86. The Bertz CT molecular complexity index is 620. The molecule has 0 aliphatic rings. The molecule has 0 aliphatic heterocycles. The van der Waals surface area contributed by atoms with E-state index in [-0.39, 0.29) is 24.1 Å². The number of rotatable bonds is 6. The fourth-order valence-electron chi connectivity index (χ4n) is 1.88. The first-order valence-electron chi connectivity index (χ1n) is 6.28. The number of aliphatic hydroxyl groups is 1. The molecular formula is C13H15N5O3. The molecule has 0 fully saturated rings. The highest BCUT2D eigenvalue weighted by atomic mass is 16.6. The number of nitrogens with one attached hydrogen (secondary N) is 1. The van der Waals surface area contributed by atoms with Crippen LogP contribution in [0.2, 0.25) is 0 Å². The summed E-state index contributed by atoms with van der Waals surface area (Å²) in [6.07, 6.45) is 1.54. The standard InChI is InChI=1S/C13H15N5O3/c14-13-15-7-11(18(20)21)12(17-13)16-10(8-19)6-9-4-2-1-3-5-9/h1-5,7,10,19H,6,8H2,(H3,14,15,16,17). The van der Waals surface area contributed by atoms with E-state index in [4.69, 9.17) is 5.73 Å². The summed E-state index contributed by atoms with van der Waals surface area (Å²) < 4.78 is 0. The summed E-state index contributed by atoms with van der Waals surface area (Å²) in [5.74, 6) is -0.0676. The second kappa shape index (κ2) is 6.62. The Labute approximate surface area is 120 Å². The van der Waals surface area contributed by atoms with Crippen LogP contribution in [0, 0.1) is 10.1 Å². The minimum atomic E-state index is -0.598. The lowest BCUT2D eigenvalue weighted by atomic mass is 10.1. The third-order valence-corrected chi connectivity index (χ3v) is 2.87. The predicted octanol–water partition coefficient (Wildman–Crippen LogP) is 0.982. The van der Waals surface area contributed by atoms with Crippen LogP contribution in [0.15, 0.2) is 36.5 Å². The number of aliphatic hydroxyl groups excluding tert-OH is 1. The second-order valence-corrected chi connectivity index (χ2v) is 4.43. The number of aromatic nitrogens is 2. The smallest absolute Gasteiger partial charge is 0.329 e. The quantitative estimate of drug-likeness (QED) is 0.534. The Morgan fingerprint density at radius 2 is 2.10 bits per heavy atom. The van der Waals surface area contributed by atoms with Crippen molar-refractivity contribution >= 4 is 17.5 Å². The van der Waals surface area contributed by atoms with E-state index in [1.165, 1.54) is 0 Å². The van der Waals surface area contributed by atoms with Gasteiger partial charge < -0.3 is 16.2 Å². The zero-order chi connectivity index (χ0) is 15.2. The minimum Gasteiger partial charge on any atom is -0.394 e. The lowest BCUT2D eigenvalue weighted by Crippen LogP contribution is -2.27. The van der Waals surface area contributed by atoms with E-state index in [2.05, 4.69) is 15.3 Å². The minimum absolute atomic E-state index is 0.00230. The molecule has 8 heteroatoms. The summed E-state index contributed by atoms with van der Waals surface area (Å²) >= 11 is 0. The van der Waals surface area contributed by atoms with Crippen LogP contribution >= 0.6 is 0 Å². The molecule has 1 aromatic heterocycles. The first-order valence-corrected chi connectivity index (χ1v) is 6.28. The van der Waals surface area contributed by atoms with Gasteiger partial charge in [-0.1, -0.05) is 30.3 Å². The molecule has 0 amide bonds. The Balaban J connectivity index is 2.18. The lowest BCUT2D eigenvalue weighted by molar-refractivity contribution is -0.384. The second-order valence-electron chi connectivity index (χ2n) is 4.43. The molecule has 0 saturated heterocycles. The molecule has 110 valence electrons. The molecule has 0 saturated carbocycles. The van der Waals surface area contributed by atoms with Crippen molar-refractivity contribution in [1.29, 1.82) is 0 Å². The first-order chi connectivity index (χ1) is 10.1. The molecule has 1 heterocycles. The van der Waals surface area contributed by atoms with Gasteiger partial charge in [-0.15, -0.1) is 0 Å². The molecule has 8 nitrogen and oxygen atoms in total. The molecule has 0 radical (unpaired) electrons. The SMILES string of the molecule is Nc1ncc([N+](=O)[O-])c(NC(CO)Cc2ccccc2)n1. The summed E-state index contributed by atoms with van der Waals surface area (Å²) in [5, 5.41) is 23.2. The van der Waals surface area contributed by atoms with Crippen molar-refractivity contribution in [2.45, 2.75) is 12.5 Å². The fraction of sp³-hybridized carbons (Fsp3) is 0.231. The van der Waals surface area contributed by atoms with E-state index in [1.54, 1.807) is 0 Å². The van der Waals surface area contributed by atoms with Gasteiger partial charge in [-0.25, -0.2) is 4.98 Å². The van der Waals surface area contributed by atoms with Crippen molar-refractivity contribution < 1.29 is 10.0 Å². The van der Waals surface area contributed by atoms with Crippen LogP contribution in [-0.2, 0) is 6.42 Å². The van der Waals surface area contributed by atoms with E-state index in [0.29, 0.717) is 6.42 Å². The Kier molecular flexibility index (Phi) is 4.62. The highest BCUT2D eigenvalue weighted by Gasteiger charge is 2.19. The van der Waals surface area contributed by atoms with E-state index >= 15 is 0 Å². The normalized spacial score (nSPS) is 11.9. The van der Waals surface area contributed by atoms with Gasteiger partial charge in [0.2, 0.25) is 11.8 Å². The molecule has 21 heavy (non-hydrogen) atoms. The molecule has 1 atom stereocenters. The van der Waals surface area contributed by atoms with Gasteiger partial charge in [0, 0.05) is 0 Å². The van der Waals surface area contributed by atoms with Gasteiger partial charge in [0.1, 0.15) is 6.20 Å². The maximum absolute atomic E-state index is 10.9. The van der Waals surface area contributed by atoms with Crippen LogP contribution in [0.5, 0.6) is 0 Å². The number of nitro groups is 1. The molecular weight excluding hydrogens is 274 g/mol. The summed E-state index contributed by atoms with van der Waals surface area (Å²) in [5.41, 5.74) is 6.16. The van der Waals surface area contributed by atoms with Crippen molar-refractivity contribution in [1.82, 2.24) is 9.97 Å². The Morgan fingerprint density at radius 3 is 2.71 bits per heavy atom. The third-order valence-electron chi connectivity index (χ3n) is 2.87. The van der Waals surface area contributed by atoms with E-state index in [0.717, 1.165) is 11.8 Å². The lowest BCUT2D eigenvalue weighted by Gasteiger charge is -2.16. The monoisotopic (exact) mass is 289 g/mol. The number of nitrogens with two attached hydrogens (primary N) is 1. The molecule has 2 aromatic rings. The Morgan fingerprint density at radius 1 is 1.38 bits per heavy atom. The van der Waals surface area contributed by atoms with Crippen molar-refractivity contribution in [2.24, 2.45) is 0 Å². The van der Waals surface area contributed by atoms with Crippen LogP contribution < -0.4 is 11.1 Å². The number of benzene rings is 1. The molecule has 4 N–H and O–H groups in total. The molecule has 0 bridgehead atoms. The number of nitrogens with zero attached hydrogens (tertiary/aromatic N) is 3. The van der Waals surface area contributed by atoms with Gasteiger partial charge >= 0.3 is 5.69 Å². The average molecular weight is 289 g/mol. The molecule has 1 aromatic carbocycles. The van der Waals surface area contributed by atoms with Crippen molar-refractivity contribution in [3.8, 4) is 0 Å². The summed E-state index contributed by atoms with van der Waals surface area (Å²) in [6.45, 7) is -0.198. The topological polar surface area (TPSA) is 127 Å².